The lowest BCUT2D eigenvalue weighted by Gasteiger charge is -2.35. The fourth-order valence-corrected chi connectivity index (χ4v) is 5.52. The molecule has 170 valence electrons. The van der Waals surface area contributed by atoms with E-state index in [0.717, 1.165) is 11.4 Å². The van der Waals surface area contributed by atoms with Crippen LogP contribution in [-0.2, 0) is 19.6 Å². The third-order valence-electron chi connectivity index (χ3n) is 5.98. The molecule has 2 aliphatic heterocycles. The summed E-state index contributed by atoms with van der Waals surface area (Å²) in [6.45, 7) is 2.46. The van der Waals surface area contributed by atoms with Crippen LogP contribution in [0.4, 0.5) is 11.4 Å². The second-order valence-corrected chi connectivity index (χ2v) is 10.2. The molecule has 32 heavy (non-hydrogen) atoms. The van der Waals surface area contributed by atoms with Crippen molar-refractivity contribution < 1.29 is 18.0 Å². The van der Waals surface area contributed by atoms with E-state index in [1.165, 1.54) is 4.31 Å². The number of carbonyl (C=O) groups excluding carboxylic acids is 2. The Kier molecular flexibility index (Phi) is 6.76. The molecule has 2 heterocycles. The van der Waals surface area contributed by atoms with Gasteiger partial charge in [-0.15, -0.1) is 0 Å². The van der Waals surface area contributed by atoms with E-state index in [1.807, 2.05) is 60.7 Å². The summed E-state index contributed by atoms with van der Waals surface area (Å²) in [7, 11) is -3.46. The molecule has 2 aliphatic rings. The minimum atomic E-state index is -3.46. The predicted molar refractivity (Wildman–Crippen MR) is 124 cm³/mol. The molecule has 2 aromatic carbocycles. The van der Waals surface area contributed by atoms with E-state index >= 15 is 0 Å². The molecule has 9 heteroatoms. The van der Waals surface area contributed by atoms with E-state index in [0.29, 0.717) is 32.7 Å². The number of rotatable bonds is 7. The monoisotopic (exact) mass is 456 g/mol. The van der Waals surface area contributed by atoms with Gasteiger partial charge in [0.05, 0.1) is 11.7 Å². The lowest BCUT2D eigenvalue weighted by atomic mass is 10.1. The van der Waals surface area contributed by atoms with Crippen LogP contribution in [-0.4, -0.2) is 69.6 Å². The molecule has 1 atom stereocenters. The van der Waals surface area contributed by atoms with E-state index in [4.69, 9.17) is 0 Å². The van der Waals surface area contributed by atoms with Crippen molar-refractivity contribution in [2.75, 3.05) is 54.8 Å². The van der Waals surface area contributed by atoms with Crippen molar-refractivity contribution in [3.63, 3.8) is 0 Å². The third kappa shape index (κ3) is 5.11. The van der Waals surface area contributed by atoms with E-state index in [1.54, 1.807) is 4.90 Å². The highest BCUT2D eigenvalue weighted by Crippen LogP contribution is 2.25. The van der Waals surface area contributed by atoms with Gasteiger partial charge >= 0.3 is 0 Å². The molecule has 0 bridgehead atoms. The fraction of sp³-hybridized carbons (Fsp3) is 0.391. The van der Waals surface area contributed by atoms with Crippen molar-refractivity contribution in [3.8, 4) is 0 Å². The summed E-state index contributed by atoms with van der Waals surface area (Å²) in [5, 5.41) is 2.71. The van der Waals surface area contributed by atoms with Crippen molar-refractivity contribution >= 4 is 33.2 Å². The second kappa shape index (κ2) is 9.70. The van der Waals surface area contributed by atoms with Crippen LogP contribution in [0.25, 0.3) is 0 Å². The van der Waals surface area contributed by atoms with Crippen LogP contribution in [0.5, 0.6) is 0 Å². The number of sulfonamides is 1. The van der Waals surface area contributed by atoms with Gasteiger partial charge in [0, 0.05) is 57.1 Å². The summed E-state index contributed by atoms with van der Waals surface area (Å²) in [6, 6.07) is 19.2. The fourth-order valence-electron chi connectivity index (χ4n) is 4.18. The number of amides is 2. The van der Waals surface area contributed by atoms with Gasteiger partial charge in [0.2, 0.25) is 21.8 Å². The zero-order valence-electron chi connectivity index (χ0n) is 17.9. The number of benzene rings is 2. The van der Waals surface area contributed by atoms with Gasteiger partial charge in [0.25, 0.3) is 0 Å². The van der Waals surface area contributed by atoms with Gasteiger partial charge in [0.1, 0.15) is 0 Å². The molecule has 2 saturated heterocycles. The standard InChI is InChI=1S/C23H28N4O4S/c28-22-17-19(18-27(22)21-9-5-2-6-10-21)23(29)24-11-16-32(30,31)26-14-12-25(13-15-26)20-7-3-1-4-8-20/h1-10,19H,11-18H2,(H,24,29)/t19-/m1/s1. The number of hydrogen-bond acceptors (Lipinski definition) is 5. The number of carbonyl (C=O) groups is 2. The molecule has 0 saturated carbocycles. The lowest BCUT2D eigenvalue weighted by Crippen LogP contribution is -2.50. The second-order valence-electron chi connectivity index (χ2n) is 8.07. The number of anilines is 2. The van der Waals surface area contributed by atoms with E-state index in [9.17, 15) is 18.0 Å². The van der Waals surface area contributed by atoms with Crippen molar-refractivity contribution in [3.05, 3.63) is 60.7 Å². The first-order valence-electron chi connectivity index (χ1n) is 10.8. The maximum Gasteiger partial charge on any atom is 0.227 e. The van der Waals surface area contributed by atoms with Crippen LogP contribution in [0.3, 0.4) is 0 Å². The summed E-state index contributed by atoms with van der Waals surface area (Å²) >= 11 is 0. The Morgan fingerprint density at radius 2 is 1.50 bits per heavy atom. The first-order valence-corrected chi connectivity index (χ1v) is 12.5. The minimum Gasteiger partial charge on any atom is -0.369 e. The largest absolute Gasteiger partial charge is 0.369 e. The maximum absolute atomic E-state index is 12.7. The first kappa shape index (κ1) is 22.3. The van der Waals surface area contributed by atoms with Gasteiger partial charge in [-0.25, -0.2) is 8.42 Å². The Balaban J connectivity index is 1.23. The van der Waals surface area contributed by atoms with Gasteiger partial charge in [-0.05, 0) is 24.3 Å². The Morgan fingerprint density at radius 3 is 2.12 bits per heavy atom. The highest BCUT2D eigenvalue weighted by atomic mass is 32.2. The summed E-state index contributed by atoms with van der Waals surface area (Å²) in [5.41, 5.74) is 1.86. The van der Waals surface area contributed by atoms with E-state index in [2.05, 4.69) is 10.2 Å². The summed E-state index contributed by atoms with van der Waals surface area (Å²) in [6.07, 6.45) is 0.134. The van der Waals surface area contributed by atoms with Gasteiger partial charge < -0.3 is 15.1 Å². The molecule has 8 nitrogen and oxygen atoms in total. The minimum absolute atomic E-state index is 0.0378. The molecule has 0 unspecified atom stereocenters. The molecular formula is C23H28N4O4S. The average molecular weight is 457 g/mol. The highest BCUT2D eigenvalue weighted by Gasteiger charge is 2.35. The van der Waals surface area contributed by atoms with E-state index < -0.39 is 15.9 Å². The Hall–Kier alpha value is -2.91. The van der Waals surface area contributed by atoms with Crippen LogP contribution in [0.2, 0.25) is 0 Å². The SMILES string of the molecule is O=C(NCCS(=O)(=O)N1CCN(c2ccccc2)CC1)[C@@H]1CC(=O)N(c2ccccc2)C1. The molecule has 2 fully saturated rings. The third-order valence-corrected chi connectivity index (χ3v) is 7.85. The molecule has 1 N–H and O–H groups in total. The molecule has 2 amide bonds. The number of hydrogen-bond donors (Lipinski definition) is 1. The highest BCUT2D eigenvalue weighted by molar-refractivity contribution is 7.89. The Morgan fingerprint density at radius 1 is 0.906 bits per heavy atom. The number of piperazine rings is 1. The van der Waals surface area contributed by atoms with Crippen molar-refractivity contribution in [2.24, 2.45) is 5.92 Å². The molecule has 4 rings (SSSR count). The first-order chi connectivity index (χ1) is 15.4. The van der Waals surface area contributed by atoms with Gasteiger partial charge in [-0.2, -0.15) is 4.31 Å². The molecule has 0 aromatic heterocycles. The zero-order chi connectivity index (χ0) is 22.6. The normalized spacial score (nSPS) is 19.9. The molecule has 2 aromatic rings. The molecule has 0 radical (unpaired) electrons. The zero-order valence-corrected chi connectivity index (χ0v) is 18.7. The number of nitrogens with one attached hydrogen (secondary N) is 1. The van der Waals surface area contributed by atoms with Crippen LogP contribution in [0, 0.1) is 5.92 Å². The average Bonchev–Trinajstić information content (AvgIpc) is 3.22. The lowest BCUT2D eigenvalue weighted by molar-refractivity contribution is -0.126. The number of nitrogens with zero attached hydrogens (tertiary/aromatic N) is 3. The molecule has 0 aliphatic carbocycles. The van der Waals surface area contributed by atoms with Crippen molar-refractivity contribution in [1.29, 1.82) is 0 Å². The summed E-state index contributed by atoms with van der Waals surface area (Å²) in [5.74, 6) is -0.992. The van der Waals surface area contributed by atoms with Crippen molar-refractivity contribution in [1.82, 2.24) is 9.62 Å². The van der Waals surface area contributed by atoms with Crippen LogP contribution in [0.1, 0.15) is 6.42 Å². The molecule has 0 spiro atoms. The van der Waals surface area contributed by atoms with Gasteiger partial charge in [0.15, 0.2) is 0 Å². The maximum atomic E-state index is 12.7. The van der Waals surface area contributed by atoms with E-state index in [-0.39, 0.29) is 30.5 Å². The summed E-state index contributed by atoms with van der Waals surface area (Å²) in [4.78, 5) is 28.6. The Bertz CT molecular complexity index is 1040. The van der Waals surface area contributed by atoms with Crippen molar-refractivity contribution in [2.45, 2.75) is 6.42 Å². The number of para-hydroxylation sites is 2. The topological polar surface area (TPSA) is 90.0 Å². The quantitative estimate of drug-likeness (QED) is 0.679. The van der Waals surface area contributed by atoms with Crippen LogP contribution in [0.15, 0.2) is 60.7 Å². The Labute approximate surface area is 188 Å². The smallest absolute Gasteiger partial charge is 0.227 e. The van der Waals surface area contributed by atoms with Crippen LogP contribution < -0.4 is 15.1 Å². The predicted octanol–water partition coefficient (Wildman–Crippen LogP) is 1.31. The van der Waals surface area contributed by atoms with Crippen LogP contribution >= 0.6 is 0 Å². The van der Waals surface area contributed by atoms with Gasteiger partial charge in [-0.1, -0.05) is 36.4 Å². The summed E-state index contributed by atoms with van der Waals surface area (Å²) < 4.78 is 26.9. The van der Waals surface area contributed by atoms with Gasteiger partial charge in [-0.3, -0.25) is 9.59 Å². The molecular weight excluding hydrogens is 428 g/mol.